The zero-order chi connectivity index (χ0) is 27.6. The van der Waals surface area contributed by atoms with Crippen molar-refractivity contribution >= 4 is 88.3 Å². The molecule has 0 saturated heterocycles. The van der Waals surface area contributed by atoms with Crippen LogP contribution < -0.4 is 0 Å². The summed E-state index contributed by atoms with van der Waals surface area (Å²) in [7, 11) is 0. The van der Waals surface area contributed by atoms with E-state index in [2.05, 4.69) is 22.1 Å². The molecular weight excluding hydrogens is 520 g/mol. The van der Waals surface area contributed by atoms with Crippen molar-refractivity contribution < 1.29 is 0 Å². The van der Waals surface area contributed by atoms with Gasteiger partial charge in [-0.15, -0.1) is 0 Å². The standard InChI is InChI=1S/C34H20N8/c1-3-11-21-19(9-1)17-27-35-29(21)39-33-25-15-7-6-14-24(25)32(42-33)38-28-18-20-10-2-4-12-22(20)30(36-28)40-34-26-16-8-5-13-23(26)31(37-27)41-34/h1-18H,(H2,35,36,37,38,39,40,41,42). The molecule has 8 heteroatoms. The Morgan fingerprint density at radius 2 is 0.667 bits per heavy atom. The van der Waals surface area contributed by atoms with Gasteiger partial charge in [0, 0.05) is 32.3 Å². The van der Waals surface area contributed by atoms with Crippen LogP contribution in [0.1, 0.15) is 0 Å². The summed E-state index contributed by atoms with van der Waals surface area (Å²) in [5, 5.41) is 7.64. The number of rotatable bonds is 0. The van der Waals surface area contributed by atoms with Gasteiger partial charge in [-0.1, -0.05) is 97.1 Å². The minimum absolute atomic E-state index is 0.546. The Kier molecular flexibility index (Phi) is 4.74. The molecule has 2 N–H and O–H groups in total. The second-order valence-corrected chi connectivity index (χ2v) is 10.2. The predicted octanol–water partition coefficient (Wildman–Crippen LogP) is 7.63. The lowest BCUT2D eigenvalue weighted by Crippen LogP contribution is -1.88. The lowest BCUT2D eigenvalue weighted by molar-refractivity contribution is 1.26. The molecule has 42 heavy (non-hydrogen) atoms. The third-order valence-electron chi connectivity index (χ3n) is 7.65. The second-order valence-electron chi connectivity index (χ2n) is 10.2. The summed E-state index contributed by atoms with van der Waals surface area (Å²) in [5.74, 6) is 0. The number of nitrogens with zero attached hydrogens (tertiary/aromatic N) is 6. The molecule has 0 aliphatic rings. The fourth-order valence-corrected chi connectivity index (χ4v) is 5.70. The average Bonchev–Trinajstić information content (AvgIpc) is 3.54. The van der Waals surface area contributed by atoms with Crippen molar-refractivity contribution in [2.45, 2.75) is 0 Å². The molecule has 4 aromatic carbocycles. The summed E-state index contributed by atoms with van der Waals surface area (Å²) in [6.45, 7) is 0. The van der Waals surface area contributed by atoms with Gasteiger partial charge in [-0.05, 0) is 22.9 Å². The number of hydrogen-bond donors (Lipinski definition) is 2. The van der Waals surface area contributed by atoms with Gasteiger partial charge in [-0.2, -0.15) is 0 Å². The quantitative estimate of drug-likeness (QED) is 0.205. The molecule has 0 saturated carbocycles. The van der Waals surface area contributed by atoms with Gasteiger partial charge < -0.3 is 9.97 Å². The lowest BCUT2D eigenvalue weighted by Gasteiger charge is -1.99. The van der Waals surface area contributed by atoms with Gasteiger partial charge in [0.25, 0.3) is 0 Å². The predicted molar refractivity (Wildman–Crippen MR) is 168 cm³/mol. The van der Waals surface area contributed by atoms with E-state index in [-0.39, 0.29) is 0 Å². The first-order valence-electron chi connectivity index (χ1n) is 13.6. The van der Waals surface area contributed by atoms with Gasteiger partial charge in [0.15, 0.2) is 22.6 Å². The third-order valence-corrected chi connectivity index (χ3v) is 7.65. The molecule has 0 fully saturated rings. The SMILES string of the molecule is c1ccc2c(c1)cc1nc2nc2[nH]c(nc3cc4ccccc4c(n3)nc3[nH]c(n1)c1ccccc31)c1ccccc21. The molecule has 8 nitrogen and oxygen atoms in total. The van der Waals surface area contributed by atoms with Crippen molar-refractivity contribution in [2.75, 3.05) is 0 Å². The molecule has 8 bridgehead atoms. The number of nitrogens with one attached hydrogen (secondary N) is 2. The van der Waals surface area contributed by atoms with Crippen LogP contribution in [-0.4, -0.2) is 39.9 Å². The zero-order valence-electron chi connectivity index (χ0n) is 22.1. The molecule has 0 aliphatic heterocycles. The summed E-state index contributed by atoms with van der Waals surface area (Å²) in [6.07, 6.45) is 0. The highest BCUT2D eigenvalue weighted by Gasteiger charge is 2.10. The second kappa shape index (κ2) is 8.74. The van der Waals surface area contributed by atoms with Crippen LogP contribution in [0, 0.1) is 0 Å². The van der Waals surface area contributed by atoms with Crippen LogP contribution >= 0.6 is 0 Å². The number of fused-ring (bicyclic) bond motifs is 18. The molecule has 9 rings (SSSR count). The first-order chi connectivity index (χ1) is 20.8. The topological polar surface area (TPSA) is 109 Å². The Balaban J connectivity index is 1.57. The summed E-state index contributed by atoms with van der Waals surface area (Å²) in [4.78, 5) is 36.8. The molecule has 9 aromatic rings. The van der Waals surface area contributed by atoms with Crippen molar-refractivity contribution in [1.82, 2.24) is 39.9 Å². The maximum atomic E-state index is 5.06. The highest BCUT2D eigenvalue weighted by atomic mass is 15.0. The number of aromatic amines is 2. The molecule has 196 valence electrons. The highest BCUT2D eigenvalue weighted by molar-refractivity contribution is 6.07. The lowest BCUT2D eigenvalue weighted by atomic mass is 10.1. The van der Waals surface area contributed by atoms with E-state index in [4.69, 9.17) is 29.9 Å². The van der Waals surface area contributed by atoms with Crippen molar-refractivity contribution in [1.29, 1.82) is 0 Å². The summed E-state index contributed by atoms with van der Waals surface area (Å²) in [6, 6.07) is 36.3. The minimum atomic E-state index is 0.546. The summed E-state index contributed by atoms with van der Waals surface area (Å²) < 4.78 is 0. The van der Waals surface area contributed by atoms with Crippen LogP contribution in [0.3, 0.4) is 0 Å². The van der Waals surface area contributed by atoms with Gasteiger partial charge >= 0.3 is 0 Å². The van der Waals surface area contributed by atoms with Crippen LogP contribution in [0.5, 0.6) is 0 Å². The van der Waals surface area contributed by atoms with Crippen molar-refractivity contribution in [3.8, 4) is 0 Å². The van der Waals surface area contributed by atoms with Crippen LogP contribution in [-0.2, 0) is 0 Å². The van der Waals surface area contributed by atoms with E-state index in [9.17, 15) is 0 Å². The zero-order valence-corrected chi connectivity index (χ0v) is 22.1. The molecule has 0 radical (unpaired) electrons. The molecule has 0 unspecified atom stereocenters. The van der Waals surface area contributed by atoms with Crippen LogP contribution in [0.4, 0.5) is 0 Å². The fourth-order valence-electron chi connectivity index (χ4n) is 5.70. The van der Waals surface area contributed by atoms with Gasteiger partial charge in [-0.25, -0.2) is 29.9 Å². The Labute approximate surface area is 237 Å². The Morgan fingerprint density at radius 1 is 0.333 bits per heavy atom. The number of pyridine rings is 2. The van der Waals surface area contributed by atoms with E-state index in [1.54, 1.807) is 0 Å². The maximum Gasteiger partial charge on any atom is 0.164 e. The Hall–Kier alpha value is -6.02. The molecule has 0 atom stereocenters. The molecule has 0 amide bonds. The summed E-state index contributed by atoms with van der Waals surface area (Å²) >= 11 is 0. The number of benzene rings is 4. The summed E-state index contributed by atoms with van der Waals surface area (Å²) in [5.41, 5.74) is 4.92. The van der Waals surface area contributed by atoms with Gasteiger partial charge in [0.1, 0.15) is 22.6 Å². The third kappa shape index (κ3) is 3.55. The maximum absolute atomic E-state index is 5.06. The van der Waals surface area contributed by atoms with Crippen molar-refractivity contribution in [3.63, 3.8) is 0 Å². The smallest absolute Gasteiger partial charge is 0.164 e. The van der Waals surface area contributed by atoms with Crippen molar-refractivity contribution in [2.24, 2.45) is 0 Å². The fraction of sp³-hybridized carbons (Fsp3) is 0. The van der Waals surface area contributed by atoms with E-state index < -0.39 is 0 Å². The van der Waals surface area contributed by atoms with Crippen molar-refractivity contribution in [3.05, 3.63) is 109 Å². The highest BCUT2D eigenvalue weighted by Crippen LogP contribution is 2.27. The average molecular weight is 541 g/mol. The monoisotopic (exact) mass is 540 g/mol. The van der Waals surface area contributed by atoms with E-state index in [1.807, 2.05) is 97.1 Å². The Morgan fingerprint density at radius 3 is 1.07 bits per heavy atom. The van der Waals surface area contributed by atoms with E-state index in [0.29, 0.717) is 45.2 Å². The van der Waals surface area contributed by atoms with Gasteiger partial charge in [0.05, 0.1) is 0 Å². The van der Waals surface area contributed by atoms with Gasteiger partial charge in [-0.3, -0.25) is 0 Å². The van der Waals surface area contributed by atoms with E-state index >= 15 is 0 Å². The molecule has 5 aromatic heterocycles. The normalized spacial score (nSPS) is 11.8. The Bertz CT molecular complexity index is 2470. The number of H-pyrrole nitrogens is 2. The molecule has 0 aliphatic carbocycles. The molecule has 0 spiro atoms. The van der Waals surface area contributed by atoms with Crippen LogP contribution in [0.2, 0.25) is 0 Å². The molecular formula is C34H20N8. The van der Waals surface area contributed by atoms with E-state index in [1.165, 1.54) is 0 Å². The van der Waals surface area contributed by atoms with Gasteiger partial charge in [0.2, 0.25) is 0 Å². The minimum Gasteiger partial charge on any atom is -0.324 e. The van der Waals surface area contributed by atoms with Crippen LogP contribution in [0.15, 0.2) is 109 Å². The first-order valence-corrected chi connectivity index (χ1v) is 13.6. The van der Waals surface area contributed by atoms with E-state index in [0.717, 1.165) is 43.1 Å². The largest absolute Gasteiger partial charge is 0.324 e. The number of hydrogen-bond acceptors (Lipinski definition) is 6. The first kappa shape index (κ1) is 22.8. The molecule has 5 heterocycles. The number of aromatic nitrogens is 8. The van der Waals surface area contributed by atoms with Crippen LogP contribution in [0.25, 0.3) is 88.3 Å².